The second-order valence-electron chi connectivity index (χ2n) is 7.95. The molecule has 0 unspecified atom stereocenters. The minimum absolute atomic E-state index is 0.103. The van der Waals surface area contributed by atoms with Crippen LogP contribution in [-0.4, -0.2) is 48.9 Å². The molecule has 1 aromatic carbocycles. The SMILES string of the molecule is CCCNC(=O)CN1CCC(NC(=O)Cc2ccc3c(c2)CCCC3)CC1. The van der Waals surface area contributed by atoms with Gasteiger partial charge in [0, 0.05) is 25.7 Å². The van der Waals surface area contributed by atoms with E-state index in [1.54, 1.807) is 0 Å². The van der Waals surface area contributed by atoms with Gasteiger partial charge < -0.3 is 10.6 Å². The van der Waals surface area contributed by atoms with E-state index in [-0.39, 0.29) is 17.9 Å². The number of benzene rings is 1. The van der Waals surface area contributed by atoms with Crippen LogP contribution < -0.4 is 10.6 Å². The smallest absolute Gasteiger partial charge is 0.234 e. The van der Waals surface area contributed by atoms with E-state index in [0.717, 1.165) is 50.9 Å². The lowest BCUT2D eigenvalue weighted by Crippen LogP contribution is -2.47. The van der Waals surface area contributed by atoms with Gasteiger partial charge in [0.2, 0.25) is 11.8 Å². The summed E-state index contributed by atoms with van der Waals surface area (Å²) in [6.45, 7) is 5.00. The van der Waals surface area contributed by atoms with Gasteiger partial charge in [-0.15, -0.1) is 0 Å². The van der Waals surface area contributed by atoms with E-state index in [1.165, 1.54) is 30.4 Å². The highest BCUT2D eigenvalue weighted by atomic mass is 16.2. The molecular weight excluding hydrogens is 338 g/mol. The first-order valence-corrected chi connectivity index (χ1v) is 10.5. The number of likely N-dealkylation sites (tertiary alicyclic amines) is 1. The number of nitrogens with one attached hydrogen (secondary N) is 2. The number of carbonyl (C=O) groups is 2. The van der Waals surface area contributed by atoms with Gasteiger partial charge in [-0.25, -0.2) is 0 Å². The topological polar surface area (TPSA) is 61.4 Å². The Kier molecular flexibility index (Phi) is 7.27. The van der Waals surface area contributed by atoms with Crippen LogP contribution in [0, 0.1) is 0 Å². The van der Waals surface area contributed by atoms with Crippen LogP contribution in [0.5, 0.6) is 0 Å². The standard InChI is InChI=1S/C22H33N3O2/c1-2-11-23-22(27)16-25-12-9-20(10-13-25)24-21(26)15-17-7-8-18-5-3-4-6-19(18)14-17/h7-8,14,20H,2-6,9-13,15-16H2,1H3,(H,23,27)(H,24,26). The molecule has 2 aliphatic rings. The lowest BCUT2D eigenvalue weighted by Gasteiger charge is -2.31. The molecule has 5 heteroatoms. The molecule has 5 nitrogen and oxygen atoms in total. The minimum Gasteiger partial charge on any atom is -0.355 e. The van der Waals surface area contributed by atoms with Crippen LogP contribution in [0.25, 0.3) is 0 Å². The van der Waals surface area contributed by atoms with E-state index < -0.39 is 0 Å². The molecule has 2 amide bonds. The van der Waals surface area contributed by atoms with Crippen molar-refractivity contribution in [2.45, 2.75) is 64.3 Å². The second-order valence-corrected chi connectivity index (χ2v) is 7.95. The zero-order valence-electron chi connectivity index (χ0n) is 16.6. The Morgan fingerprint density at radius 3 is 2.56 bits per heavy atom. The summed E-state index contributed by atoms with van der Waals surface area (Å²) in [5.74, 6) is 0.219. The maximum Gasteiger partial charge on any atom is 0.234 e. The first kappa shape index (κ1) is 19.9. The van der Waals surface area contributed by atoms with E-state index in [2.05, 4.69) is 40.7 Å². The zero-order valence-corrected chi connectivity index (χ0v) is 16.6. The highest BCUT2D eigenvalue weighted by Gasteiger charge is 2.22. The van der Waals surface area contributed by atoms with Crippen molar-refractivity contribution in [3.05, 3.63) is 34.9 Å². The molecule has 148 valence electrons. The Labute approximate surface area is 162 Å². The molecule has 1 fully saturated rings. The summed E-state index contributed by atoms with van der Waals surface area (Å²) < 4.78 is 0. The predicted molar refractivity (Wildman–Crippen MR) is 108 cm³/mol. The van der Waals surface area contributed by atoms with Crippen LogP contribution in [0.2, 0.25) is 0 Å². The minimum atomic E-state index is 0.103. The fraction of sp³-hybridized carbons (Fsp3) is 0.636. The number of aryl methyl sites for hydroxylation is 2. The van der Waals surface area contributed by atoms with Gasteiger partial charge in [0.15, 0.2) is 0 Å². The van der Waals surface area contributed by atoms with Gasteiger partial charge in [0.25, 0.3) is 0 Å². The number of piperidine rings is 1. The van der Waals surface area contributed by atoms with Gasteiger partial charge in [-0.3, -0.25) is 14.5 Å². The third-order valence-corrected chi connectivity index (χ3v) is 5.67. The lowest BCUT2D eigenvalue weighted by atomic mass is 9.90. The molecule has 0 radical (unpaired) electrons. The average molecular weight is 372 g/mol. The number of hydrogen-bond donors (Lipinski definition) is 2. The Morgan fingerprint density at radius 1 is 1.07 bits per heavy atom. The molecule has 1 aliphatic carbocycles. The highest BCUT2D eigenvalue weighted by molar-refractivity contribution is 5.79. The van der Waals surface area contributed by atoms with Crippen LogP contribution in [0.1, 0.15) is 55.7 Å². The van der Waals surface area contributed by atoms with Gasteiger partial charge in [-0.1, -0.05) is 25.1 Å². The summed E-state index contributed by atoms with van der Waals surface area (Å²) in [7, 11) is 0. The Hall–Kier alpha value is -1.88. The number of hydrogen-bond acceptors (Lipinski definition) is 3. The largest absolute Gasteiger partial charge is 0.355 e. The van der Waals surface area contributed by atoms with Gasteiger partial charge in [-0.05, 0) is 61.6 Å². The van der Waals surface area contributed by atoms with Crippen LogP contribution in [0.4, 0.5) is 0 Å². The molecule has 1 heterocycles. The summed E-state index contributed by atoms with van der Waals surface area (Å²) in [4.78, 5) is 26.4. The van der Waals surface area contributed by atoms with Crippen molar-refractivity contribution < 1.29 is 9.59 Å². The first-order valence-electron chi connectivity index (χ1n) is 10.5. The van der Waals surface area contributed by atoms with Crippen LogP contribution in [0.3, 0.4) is 0 Å². The fourth-order valence-electron chi connectivity index (χ4n) is 4.12. The molecule has 0 spiro atoms. The van der Waals surface area contributed by atoms with Crippen molar-refractivity contribution in [2.24, 2.45) is 0 Å². The second kappa shape index (κ2) is 9.88. The normalized spacial score (nSPS) is 18.0. The van der Waals surface area contributed by atoms with Gasteiger partial charge in [0.05, 0.1) is 13.0 Å². The molecule has 1 aliphatic heterocycles. The van der Waals surface area contributed by atoms with Crippen LogP contribution >= 0.6 is 0 Å². The first-order chi connectivity index (χ1) is 13.1. The predicted octanol–water partition coefficient (Wildman–Crippen LogP) is 2.21. The number of carbonyl (C=O) groups excluding carboxylic acids is 2. The number of nitrogens with zero attached hydrogens (tertiary/aromatic N) is 1. The molecule has 3 rings (SSSR count). The lowest BCUT2D eigenvalue weighted by molar-refractivity contribution is -0.124. The number of amides is 2. The monoisotopic (exact) mass is 371 g/mol. The summed E-state index contributed by atoms with van der Waals surface area (Å²) in [6, 6.07) is 6.77. The Morgan fingerprint density at radius 2 is 1.81 bits per heavy atom. The van der Waals surface area contributed by atoms with E-state index in [4.69, 9.17) is 0 Å². The maximum absolute atomic E-state index is 12.4. The van der Waals surface area contributed by atoms with E-state index in [0.29, 0.717) is 13.0 Å². The molecule has 2 N–H and O–H groups in total. The zero-order chi connectivity index (χ0) is 19.1. The van der Waals surface area contributed by atoms with Crippen molar-refractivity contribution in [3.63, 3.8) is 0 Å². The summed E-state index contributed by atoms with van der Waals surface area (Å²) in [6.07, 6.45) is 8.13. The van der Waals surface area contributed by atoms with Crippen molar-refractivity contribution in [2.75, 3.05) is 26.2 Å². The van der Waals surface area contributed by atoms with Crippen molar-refractivity contribution in [3.8, 4) is 0 Å². The van der Waals surface area contributed by atoms with Gasteiger partial charge in [0.1, 0.15) is 0 Å². The summed E-state index contributed by atoms with van der Waals surface area (Å²) in [5, 5.41) is 6.11. The Bertz CT molecular complexity index is 651. The molecule has 1 aromatic rings. The maximum atomic E-state index is 12.4. The quantitative estimate of drug-likeness (QED) is 0.773. The molecule has 27 heavy (non-hydrogen) atoms. The molecule has 0 aromatic heterocycles. The van der Waals surface area contributed by atoms with Gasteiger partial charge >= 0.3 is 0 Å². The van der Waals surface area contributed by atoms with Gasteiger partial charge in [-0.2, -0.15) is 0 Å². The van der Waals surface area contributed by atoms with E-state index in [1.807, 2.05) is 0 Å². The number of fused-ring (bicyclic) bond motifs is 1. The molecule has 0 bridgehead atoms. The van der Waals surface area contributed by atoms with Crippen LogP contribution in [0.15, 0.2) is 18.2 Å². The van der Waals surface area contributed by atoms with Crippen molar-refractivity contribution in [1.82, 2.24) is 15.5 Å². The third kappa shape index (κ3) is 6.06. The molecule has 0 atom stereocenters. The van der Waals surface area contributed by atoms with E-state index >= 15 is 0 Å². The third-order valence-electron chi connectivity index (χ3n) is 5.67. The summed E-state index contributed by atoms with van der Waals surface area (Å²) in [5.41, 5.74) is 4.01. The molecule has 0 saturated carbocycles. The van der Waals surface area contributed by atoms with Crippen molar-refractivity contribution in [1.29, 1.82) is 0 Å². The highest BCUT2D eigenvalue weighted by Crippen LogP contribution is 2.22. The van der Waals surface area contributed by atoms with Crippen molar-refractivity contribution >= 4 is 11.8 Å². The molecule has 1 saturated heterocycles. The van der Waals surface area contributed by atoms with Crippen LogP contribution in [-0.2, 0) is 28.9 Å². The summed E-state index contributed by atoms with van der Waals surface area (Å²) >= 11 is 0. The number of rotatable bonds is 7. The Balaban J connectivity index is 1.40. The van der Waals surface area contributed by atoms with E-state index in [9.17, 15) is 9.59 Å². The fourth-order valence-corrected chi connectivity index (χ4v) is 4.12. The molecular formula is C22H33N3O2. The average Bonchev–Trinajstić information content (AvgIpc) is 2.68.